The van der Waals surface area contributed by atoms with Crippen LogP contribution in [-0.4, -0.2) is 41.6 Å². The lowest BCUT2D eigenvalue weighted by molar-refractivity contribution is 0.0882. The zero-order chi connectivity index (χ0) is 7.49. The van der Waals surface area contributed by atoms with Crippen LogP contribution in [0.25, 0.3) is 0 Å². The van der Waals surface area contributed by atoms with Crippen LogP contribution in [0, 0.1) is 0 Å². The Kier molecular flexibility index (Phi) is 3.39. The largest absolute Gasteiger partial charge is 0.422 e. The Labute approximate surface area is 60.7 Å². The third-order valence-electron chi connectivity index (χ3n) is 1.25. The molecule has 0 bridgehead atoms. The summed E-state index contributed by atoms with van der Waals surface area (Å²) in [6.45, 7) is 5.22. The minimum atomic E-state index is 0.0513. The molecule has 0 aliphatic heterocycles. The second-order valence-electron chi connectivity index (χ2n) is 3.20. The number of hydrogen-bond donors (Lipinski definition) is 0. The molecule has 0 amide bonds. The van der Waals surface area contributed by atoms with E-state index in [1.807, 2.05) is 0 Å². The van der Waals surface area contributed by atoms with Crippen molar-refractivity contribution in [2.24, 2.45) is 0 Å². The molecule has 0 fully saturated rings. The van der Waals surface area contributed by atoms with Gasteiger partial charge in [0.15, 0.2) is 0 Å². The summed E-state index contributed by atoms with van der Waals surface area (Å²) in [5.74, 6) is 0. The van der Waals surface area contributed by atoms with Crippen LogP contribution >= 0.6 is 0 Å². The van der Waals surface area contributed by atoms with Crippen molar-refractivity contribution in [3.8, 4) is 0 Å². The van der Waals surface area contributed by atoms with Gasteiger partial charge in [0.05, 0.1) is 5.60 Å². The highest BCUT2D eigenvalue weighted by molar-refractivity contribution is 5.98. The topological polar surface area (TPSA) is 12.5 Å². The molecule has 0 aromatic heterocycles. The molecule has 2 nitrogen and oxygen atoms in total. The number of rotatable bonds is 3. The third kappa shape index (κ3) is 4.63. The summed E-state index contributed by atoms with van der Waals surface area (Å²) in [6, 6.07) is 0. The average molecular weight is 147 g/mol. The normalized spacial score (nSPS) is 13.0. The molecule has 0 saturated heterocycles. The van der Waals surface area contributed by atoms with Gasteiger partial charge in [-0.2, -0.15) is 0 Å². The summed E-state index contributed by atoms with van der Waals surface area (Å²) >= 11 is 0. The second-order valence-corrected chi connectivity index (χ2v) is 3.61. The minimum absolute atomic E-state index is 0.0513. The van der Waals surface area contributed by atoms with E-state index in [0.717, 1.165) is 17.0 Å². The monoisotopic (exact) mass is 147 g/mol. The zero-order valence-corrected chi connectivity index (χ0v) is 9.06. The lowest BCUT2D eigenvalue weighted by atomic mass is 10.1. The van der Waals surface area contributed by atoms with Gasteiger partial charge >= 0.3 is 0 Å². The molecule has 3 heteroatoms. The third-order valence-corrected chi connectivity index (χ3v) is 2.35. The summed E-state index contributed by atoms with van der Waals surface area (Å²) in [6.07, 6.45) is 0. The Hall–Kier alpha value is 0.137. The van der Waals surface area contributed by atoms with Crippen molar-refractivity contribution >= 4 is 10.5 Å². The molecular formula is C6H17NOSi. The first kappa shape index (κ1) is 9.14. The molecular weight excluding hydrogens is 130 g/mol. The molecule has 0 aromatic rings. The lowest BCUT2D eigenvalue weighted by Crippen LogP contribution is -2.36. The van der Waals surface area contributed by atoms with Crippen LogP contribution < -0.4 is 0 Å². The van der Waals surface area contributed by atoms with Crippen LogP contribution in [0.5, 0.6) is 0 Å². The number of nitrogens with zero attached hydrogens (tertiary/aromatic N) is 1. The molecule has 9 heavy (non-hydrogen) atoms. The summed E-state index contributed by atoms with van der Waals surface area (Å²) in [5, 5.41) is 0. The SMILES string of the molecule is CN(C)CC(C)(C)O[SiH3]. The molecule has 0 aromatic carbocycles. The summed E-state index contributed by atoms with van der Waals surface area (Å²) in [7, 11) is 4.94. The first-order chi connectivity index (χ1) is 3.98. The van der Waals surface area contributed by atoms with Crippen LogP contribution in [0.15, 0.2) is 0 Å². The molecule has 0 atom stereocenters. The van der Waals surface area contributed by atoms with Crippen molar-refractivity contribution in [1.29, 1.82) is 0 Å². The van der Waals surface area contributed by atoms with Crippen molar-refractivity contribution in [1.82, 2.24) is 4.90 Å². The Balaban J connectivity index is 3.58. The lowest BCUT2D eigenvalue weighted by Gasteiger charge is -2.27. The smallest absolute Gasteiger partial charge is 0.146 e. The molecule has 0 heterocycles. The Morgan fingerprint density at radius 3 is 2.00 bits per heavy atom. The van der Waals surface area contributed by atoms with Crippen molar-refractivity contribution in [3.63, 3.8) is 0 Å². The van der Waals surface area contributed by atoms with E-state index < -0.39 is 0 Å². The fourth-order valence-electron chi connectivity index (χ4n) is 0.826. The summed E-state index contributed by atoms with van der Waals surface area (Å²) in [4.78, 5) is 2.14. The molecule has 0 unspecified atom stereocenters. The van der Waals surface area contributed by atoms with Gasteiger partial charge in [-0.15, -0.1) is 0 Å². The van der Waals surface area contributed by atoms with Crippen molar-refractivity contribution < 1.29 is 4.43 Å². The maximum absolute atomic E-state index is 5.35. The molecule has 0 aliphatic carbocycles. The van der Waals surface area contributed by atoms with E-state index in [1.54, 1.807) is 0 Å². The fraction of sp³-hybridized carbons (Fsp3) is 1.00. The van der Waals surface area contributed by atoms with E-state index in [2.05, 4.69) is 32.8 Å². The van der Waals surface area contributed by atoms with Gasteiger partial charge in [-0.3, -0.25) is 0 Å². The van der Waals surface area contributed by atoms with E-state index in [9.17, 15) is 0 Å². The fourth-order valence-corrected chi connectivity index (χ4v) is 0.955. The molecule has 0 saturated carbocycles. The highest BCUT2D eigenvalue weighted by atomic mass is 28.2. The van der Waals surface area contributed by atoms with Crippen LogP contribution in [0.4, 0.5) is 0 Å². The van der Waals surface area contributed by atoms with Gasteiger partial charge in [-0.05, 0) is 27.9 Å². The molecule has 0 aliphatic rings. The second kappa shape index (κ2) is 3.34. The van der Waals surface area contributed by atoms with Crippen molar-refractivity contribution in [2.45, 2.75) is 19.4 Å². The van der Waals surface area contributed by atoms with Crippen molar-refractivity contribution in [2.75, 3.05) is 20.6 Å². The zero-order valence-electron chi connectivity index (χ0n) is 7.06. The summed E-state index contributed by atoms with van der Waals surface area (Å²) in [5.41, 5.74) is 0.0513. The predicted octanol–water partition coefficient (Wildman–Crippen LogP) is -0.376. The van der Waals surface area contributed by atoms with Gasteiger partial charge < -0.3 is 9.33 Å². The quantitative estimate of drug-likeness (QED) is 0.505. The maximum atomic E-state index is 5.35. The van der Waals surface area contributed by atoms with Crippen LogP contribution in [-0.2, 0) is 4.43 Å². The standard InChI is InChI=1S/C6H17NOSi/c1-6(2,8-9)5-7(3)4/h5H2,1-4,9H3. The van der Waals surface area contributed by atoms with E-state index >= 15 is 0 Å². The average Bonchev–Trinajstić information content (AvgIpc) is 1.63. The van der Waals surface area contributed by atoms with Gasteiger partial charge in [0, 0.05) is 6.54 Å². The van der Waals surface area contributed by atoms with Crippen LogP contribution in [0.2, 0.25) is 0 Å². The Bertz CT molecular complexity index is 83.1. The van der Waals surface area contributed by atoms with Crippen LogP contribution in [0.1, 0.15) is 13.8 Å². The van der Waals surface area contributed by atoms with Gasteiger partial charge in [-0.1, -0.05) is 0 Å². The van der Waals surface area contributed by atoms with Crippen LogP contribution in [0.3, 0.4) is 0 Å². The first-order valence-electron chi connectivity index (χ1n) is 3.18. The van der Waals surface area contributed by atoms with Gasteiger partial charge in [0.2, 0.25) is 0 Å². The van der Waals surface area contributed by atoms with E-state index in [-0.39, 0.29) is 5.60 Å². The molecule has 56 valence electrons. The number of hydrogen-bond acceptors (Lipinski definition) is 2. The van der Waals surface area contributed by atoms with E-state index in [4.69, 9.17) is 4.43 Å². The van der Waals surface area contributed by atoms with Gasteiger partial charge in [0.25, 0.3) is 0 Å². The Morgan fingerprint density at radius 1 is 1.44 bits per heavy atom. The summed E-state index contributed by atoms with van der Waals surface area (Å²) < 4.78 is 5.35. The van der Waals surface area contributed by atoms with E-state index in [0.29, 0.717) is 0 Å². The highest BCUT2D eigenvalue weighted by Crippen LogP contribution is 2.06. The first-order valence-corrected chi connectivity index (χ1v) is 3.99. The predicted molar refractivity (Wildman–Crippen MR) is 43.7 cm³/mol. The highest BCUT2D eigenvalue weighted by Gasteiger charge is 2.15. The minimum Gasteiger partial charge on any atom is -0.422 e. The molecule has 0 N–H and O–H groups in total. The molecule has 0 rings (SSSR count). The van der Waals surface area contributed by atoms with Gasteiger partial charge in [-0.25, -0.2) is 0 Å². The molecule has 0 spiro atoms. The number of likely N-dealkylation sites (N-methyl/N-ethyl adjacent to an activating group) is 1. The van der Waals surface area contributed by atoms with E-state index in [1.165, 1.54) is 0 Å². The Morgan fingerprint density at radius 2 is 1.89 bits per heavy atom. The maximum Gasteiger partial charge on any atom is 0.146 e. The molecule has 0 radical (unpaired) electrons. The van der Waals surface area contributed by atoms with Crippen molar-refractivity contribution in [3.05, 3.63) is 0 Å². The van der Waals surface area contributed by atoms with Gasteiger partial charge in [0.1, 0.15) is 10.5 Å².